The molecule has 0 atom stereocenters. The van der Waals surface area contributed by atoms with Crippen LogP contribution in [0.1, 0.15) is 31.2 Å². The van der Waals surface area contributed by atoms with Gasteiger partial charge in [0.2, 0.25) is 0 Å². The molecule has 0 aromatic heterocycles. The largest absolute Gasteiger partial charge is 0.497 e. The number of nitrogens with zero attached hydrogens (tertiary/aromatic N) is 1. The minimum atomic E-state index is 0.190. The lowest BCUT2D eigenvalue weighted by molar-refractivity contribution is -0.122. The van der Waals surface area contributed by atoms with Gasteiger partial charge in [0.05, 0.1) is 7.11 Å². The highest BCUT2D eigenvalue weighted by atomic mass is 16.5. The van der Waals surface area contributed by atoms with E-state index in [1.54, 1.807) is 7.11 Å². The standard InChI is InChI=1S/C15H19NO2/c1-18-14-4-2-3-12(11-14)15(7-8-15)16-9-5-13(17)6-10-16/h2-4,11H,5-10H2,1H3. The maximum absolute atomic E-state index is 11.3. The Morgan fingerprint density at radius 2 is 1.94 bits per heavy atom. The molecule has 1 saturated heterocycles. The summed E-state index contributed by atoms with van der Waals surface area (Å²) in [4.78, 5) is 13.8. The Morgan fingerprint density at radius 3 is 2.56 bits per heavy atom. The van der Waals surface area contributed by atoms with E-state index in [4.69, 9.17) is 4.74 Å². The second kappa shape index (κ2) is 4.39. The number of hydrogen-bond donors (Lipinski definition) is 0. The molecule has 1 aromatic rings. The average Bonchev–Trinajstić information content (AvgIpc) is 3.21. The summed E-state index contributed by atoms with van der Waals surface area (Å²) in [6, 6.07) is 8.37. The number of benzene rings is 1. The van der Waals surface area contributed by atoms with Gasteiger partial charge in [-0.15, -0.1) is 0 Å². The zero-order valence-corrected chi connectivity index (χ0v) is 10.8. The molecule has 0 N–H and O–H groups in total. The third kappa shape index (κ3) is 1.93. The molecule has 1 saturated carbocycles. The third-order valence-corrected chi connectivity index (χ3v) is 4.26. The SMILES string of the molecule is COc1cccc(C2(N3CCC(=O)CC3)CC2)c1. The molecular formula is C15H19NO2. The molecular weight excluding hydrogens is 226 g/mol. The third-order valence-electron chi connectivity index (χ3n) is 4.26. The Hall–Kier alpha value is -1.35. The Bertz CT molecular complexity index is 455. The van der Waals surface area contributed by atoms with E-state index >= 15 is 0 Å². The molecule has 0 radical (unpaired) electrons. The fourth-order valence-corrected chi connectivity index (χ4v) is 3.00. The number of methoxy groups -OCH3 is 1. The summed E-state index contributed by atoms with van der Waals surface area (Å²) in [6.07, 6.45) is 3.83. The van der Waals surface area contributed by atoms with Crippen molar-refractivity contribution in [2.75, 3.05) is 20.2 Å². The van der Waals surface area contributed by atoms with E-state index < -0.39 is 0 Å². The van der Waals surface area contributed by atoms with Gasteiger partial charge in [0.1, 0.15) is 11.5 Å². The van der Waals surface area contributed by atoms with Crippen molar-refractivity contribution in [1.29, 1.82) is 0 Å². The topological polar surface area (TPSA) is 29.5 Å². The molecule has 2 aliphatic rings. The molecule has 0 amide bonds. The van der Waals surface area contributed by atoms with Crippen molar-refractivity contribution in [3.8, 4) is 5.75 Å². The summed E-state index contributed by atoms with van der Waals surface area (Å²) in [7, 11) is 1.71. The highest BCUT2D eigenvalue weighted by Gasteiger charge is 2.49. The number of ether oxygens (including phenoxy) is 1. The second-order valence-electron chi connectivity index (χ2n) is 5.29. The lowest BCUT2D eigenvalue weighted by Gasteiger charge is -2.35. The first kappa shape index (κ1) is 11.7. The summed E-state index contributed by atoms with van der Waals surface area (Å²) in [5, 5.41) is 0. The number of Topliss-reactive ketones (excluding diaryl/α,β-unsaturated/α-hetero) is 1. The summed E-state index contributed by atoms with van der Waals surface area (Å²) >= 11 is 0. The zero-order valence-electron chi connectivity index (χ0n) is 10.8. The number of piperidine rings is 1. The molecule has 0 bridgehead atoms. The van der Waals surface area contributed by atoms with Crippen LogP contribution in [0.3, 0.4) is 0 Å². The van der Waals surface area contributed by atoms with E-state index in [2.05, 4.69) is 23.1 Å². The van der Waals surface area contributed by atoms with Crippen molar-refractivity contribution in [3.05, 3.63) is 29.8 Å². The molecule has 0 spiro atoms. The number of carbonyl (C=O) groups excluding carboxylic acids is 1. The quantitative estimate of drug-likeness (QED) is 0.818. The van der Waals surface area contributed by atoms with Crippen molar-refractivity contribution in [2.24, 2.45) is 0 Å². The fourth-order valence-electron chi connectivity index (χ4n) is 3.00. The van der Waals surface area contributed by atoms with E-state index in [0.717, 1.165) is 18.8 Å². The van der Waals surface area contributed by atoms with Crippen LogP contribution in [-0.4, -0.2) is 30.9 Å². The van der Waals surface area contributed by atoms with E-state index in [9.17, 15) is 4.79 Å². The maximum Gasteiger partial charge on any atom is 0.135 e. The highest BCUT2D eigenvalue weighted by molar-refractivity contribution is 5.79. The Kier molecular flexibility index (Phi) is 2.86. The first-order chi connectivity index (χ1) is 8.74. The lowest BCUT2D eigenvalue weighted by atomic mass is 9.99. The van der Waals surface area contributed by atoms with Crippen LogP contribution in [0.4, 0.5) is 0 Å². The molecule has 0 unspecified atom stereocenters. The number of hydrogen-bond acceptors (Lipinski definition) is 3. The normalized spacial score (nSPS) is 22.8. The van der Waals surface area contributed by atoms with Gasteiger partial charge in [-0.05, 0) is 30.5 Å². The van der Waals surface area contributed by atoms with Crippen LogP contribution in [0, 0.1) is 0 Å². The van der Waals surface area contributed by atoms with Crippen LogP contribution in [-0.2, 0) is 10.3 Å². The predicted molar refractivity (Wildman–Crippen MR) is 69.7 cm³/mol. The smallest absolute Gasteiger partial charge is 0.135 e. The molecule has 1 aliphatic carbocycles. The first-order valence-electron chi connectivity index (χ1n) is 6.66. The van der Waals surface area contributed by atoms with Gasteiger partial charge in [0.15, 0.2) is 0 Å². The van der Waals surface area contributed by atoms with Crippen molar-refractivity contribution >= 4 is 5.78 Å². The minimum Gasteiger partial charge on any atom is -0.497 e. The summed E-state index contributed by atoms with van der Waals surface area (Å²) in [6.45, 7) is 1.83. The molecule has 1 aliphatic heterocycles. The van der Waals surface area contributed by atoms with E-state index in [0.29, 0.717) is 18.6 Å². The molecule has 3 nitrogen and oxygen atoms in total. The van der Waals surface area contributed by atoms with Crippen LogP contribution < -0.4 is 4.74 Å². The molecule has 3 heteroatoms. The Labute approximate surface area is 108 Å². The monoisotopic (exact) mass is 245 g/mol. The minimum absolute atomic E-state index is 0.190. The van der Waals surface area contributed by atoms with Crippen molar-refractivity contribution in [1.82, 2.24) is 4.90 Å². The van der Waals surface area contributed by atoms with Crippen molar-refractivity contribution in [3.63, 3.8) is 0 Å². The van der Waals surface area contributed by atoms with Crippen LogP contribution >= 0.6 is 0 Å². The molecule has 1 aromatic carbocycles. The zero-order chi connectivity index (χ0) is 12.6. The van der Waals surface area contributed by atoms with Crippen molar-refractivity contribution < 1.29 is 9.53 Å². The Balaban J connectivity index is 1.83. The van der Waals surface area contributed by atoms with E-state index in [1.807, 2.05) is 6.07 Å². The Morgan fingerprint density at radius 1 is 1.22 bits per heavy atom. The molecule has 1 heterocycles. The van der Waals surface area contributed by atoms with Crippen molar-refractivity contribution in [2.45, 2.75) is 31.2 Å². The summed E-state index contributed by atoms with van der Waals surface area (Å²) in [5.41, 5.74) is 1.53. The number of carbonyl (C=O) groups is 1. The highest BCUT2D eigenvalue weighted by Crippen LogP contribution is 2.52. The lowest BCUT2D eigenvalue weighted by Crippen LogP contribution is -2.41. The van der Waals surface area contributed by atoms with Gasteiger partial charge >= 0.3 is 0 Å². The first-order valence-corrected chi connectivity index (χ1v) is 6.66. The van der Waals surface area contributed by atoms with Crippen LogP contribution in [0.2, 0.25) is 0 Å². The average molecular weight is 245 g/mol. The molecule has 3 rings (SSSR count). The maximum atomic E-state index is 11.3. The van der Waals surface area contributed by atoms with Gasteiger partial charge in [-0.3, -0.25) is 9.69 Å². The van der Waals surface area contributed by atoms with Gasteiger partial charge in [-0.1, -0.05) is 12.1 Å². The number of rotatable bonds is 3. The fraction of sp³-hybridized carbons (Fsp3) is 0.533. The van der Waals surface area contributed by atoms with Gasteiger partial charge < -0.3 is 4.74 Å². The number of likely N-dealkylation sites (tertiary alicyclic amines) is 1. The molecule has 96 valence electrons. The van der Waals surface area contributed by atoms with Gasteiger partial charge in [-0.2, -0.15) is 0 Å². The van der Waals surface area contributed by atoms with Gasteiger partial charge in [-0.25, -0.2) is 0 Å². The van der Waals surface area contributed by atoms with E-state index in [1.165, 1.54) is 18.4 Å². The second-order valence-corrected chi connectivity index (χ2v) is 5.29. The van der Waals surface area contributed by atoms with Gasteiger partial charge in [0.25, 0.3) is 0 Å². The van der Waals surface area contributed by atoms with Gasteiger partial charge in [0, 0.05) is 31.5 Å². The summed E-state index contributed by atoms with van der Waals surface area (Å²) < 4.78 is 5.31. The van der Waals surface area contributed by atoms with Crippen LogP contribution in [0.5, 0.6) is 5.75 Å². The van der Waals surface area contributed by atoms with Crippen LogP contribution in [0.25, 0.3) is 0 Å². The number of ketones is 1. The molecule has 2 fully saturated rings. The van der Waals surface area contributed by atoms with Crippen LogP contribution in [0.15, 0.2) is 24.3 Å². The van der Waals surface area contributed by atoms with E-state index in [-0.39, 0.29) is 5.54 Å². The summed E-state index contributed by atoms with van der Waals surface area (Å²) in [5.74, 6) is 1.33. The predicted octanol–water partition coefficient (Wildman–Crippen LogP) is 2.35. The molecule has 18 heavy (non-hydrogen) atoms.